The summed E-state index contributed by atoms with van der Waals surface area (Å²) in [5.74, 6) is -0.462. The third-order valence-corrected chi connectivity index (χ3v) is 8.94. The Labute approximate surface area is 194 Å². The van der Waals surface area contributed by atoms with E-state index in [2.05, 4.69) is 5.32 Å². The number of nitrogens with zero attached hydrogens (tertiary/aromatic N) is 2. The first-order valence-corrected chi connectivity index (χ1v) is 13.7. The van der Waals surface area contributed by atoms with Crippen molar-refractivity contribution < 1.29 is 21.6 Å². The highest BCUT2D eigenvalue weighted by Gasteiger charge is 2.30. The van der Waals surface area contributed by atoms with Crippen LogP contribution in [0.2, 0.25) is 5.02 Å². The maximum atomic E-state index is 13.1. The maximum absolute atomic E-state index is 13.1. The first-order chi connectivity index (χ1) is 14.9. The van der Waals surface area contributed by atoms with Gasteiger partial charge in [0.05, 0.1) is 16.0 Å². The molecule has 3 rings (SSSR count). The minimum absolute atomic E-state index is 0.0601. The van der Waals surface area contributed by atoms with Crippen LogP contribution in [0.15, 0.2) is 52.3 Å². The third kappa shape index (κ3) is 5.49. The Hall–Kier alpha value is -1.98. The van der Waals surface area contributed by atoms with E-state index in [1.165, 1.54) is 34.6 Å². The molecule has 0 unspecified atom stereocenters. The van der Waals surface area contributed by atoms with Gasteiger partial charge in [-0.05, 0) is 49.9 Å². The molecule has 1 heterocycles. The first-order valence-electron chi connectivity index (χ1n) is 9.99. The lowest BCUT2D eigenvalue weighted by molar-refractivity contribution is 0.0939. The average molecular weight is 500 g/mol. The number of hydrogen-bond acceptors (Lipinski definition) is 6. The van der Waals surface area contributed by atoms with Crippen molar-refractivity contribution in [2.45, 2.75) is 22.8 Å². The summed E-state index contributed by atoms with van der Waals surface area (Å²) in [7, 11) is -5.22. The second-order valence-corrected chi connectivity index (χ2v) is 12.2. The van der Waals surface area contributed by atoms with E-state index in [4.69, 9.17) is 11.6 Å². The summed E-state index contributed by atoms with van der Waals surface area (Å²) in [6, 6.07) is 9.98. The number of amides is 1. The van der Waals surface area contributed by atoms with Crippen LogP contribution in [0.3, 0.4) is 0 Å². The first kappa shape index (κ1) is 24.7. The Morgan fingerprint density at radius 3 is 2.16 bits per heavy atom. The number of likely N-dealkylation sites (N-methyl/N-ethyl adjacent to an activating group) is 1. The molecule has 2 aromatic rings. The van der Waals surface area contributed by atoms with Crippen molar-refractivity contribution in [2.75, 3.05) is 39.5 Å². The van der Waals surface area contributed by atoms with Gasteiger partial charge in [-0.25, -0.2) is 16.8 Å². The Morgan fingerprint density at radius 1 is 1.00 bits per heavy atom. The Kier molecular flexibility index (Phi) is 7.31. The van der Waals surface area contributed by atoms with E-state index in [9.17, 15) is 21.6 Å². The fourth-order valence-corrected chi connectivity index (χ4v) is 5.93. The molecule has 8 nitrogen and oxygen atoms in total. The Balaban J connectivity index is 1.79. The maximum Gasteiger partial charge on any atom is 0.251 e. The van der Waals surface area contributed by atoms with Crippen LogP contribution in [-0.2, 0) is 19.9 Å². The van der Waals surface area contributed by atoms with E-state index in [0.717, 1.165) is 6.26 Å². The minimum Gasteiger partial charge on any atom is -0.346 e. The van der Waals surface area contributed by atoms with Gasteiger partial charge in [-0.2, -0.15) is 4.31 Å². The highest BCUT2D eigenvalue weighted by molar-refractivity contribution is 7.90. The predicted molar refractivity (Wildman–Crippen MR) is 123 cm³/mol. The van der Waals surface area contributed by atoms with Crippen molar-refractivity contribution in [1.29, 1.82) is 0 Å². The molecule has 2 aromatic carbocycles. The molecule has 0 radical (unpaired) electrons. The second kappa shape index (κ2) is 9.48. The number of carbonyl (C=O) groups is 1. The molecule has 0 saturated carbocycles. The largest absolute Gasteiger partial charge is 0.346 e. The van der Waals surface area contributed by atoms with Gasteiger partial charge in [-0.1, -0.05) is 23.7 Å². The van der Waals surface area contributed by atoms with Crippen molar-refractivity contribution in [3.63, 3.8) is 0 Å². The van der Waals surface area contributed by atoms with Crippen LogP contribution in [0, 0.1) is 0 Å². The number of benzene rings is 2. The van der Waals surface area contributed by atoms with Crippen molar-refractivity contribution in [2.24, 2.45) is 0 Å². The number of sulfone groups is 1. The summed E-state index contributed by atoms with van der Waals surface area (Å²) in [5, 5.41) is 2.87. The molecule has 11 heteroatoms. The Morgan fingerprint density at radius 2 is 1.59 bits per heavy atom. The normalized spacial score (nSPS) is 17.1. The number of piperazine rings is 1. The Bertz CT molecular complexity index is 1210. The lowest BCUT2D eigenvalue weighted by Gasteiger charge is -2.31. The summed E-state index contributed by atoms with van der Waals surface area (Å²) in [6.45, 7) is 3.70. The predicted octanol–water partition coefficient (Wildman–Crippen LogP) is 2.17. The molecule has 1 fully saturated rings. The van der Waals surface area contributed by atoms with Crippen molar-refractivity contribution in [3.8, 4) is 0 Å². The van der Waals surface area contributed by atoms with Crippen LogP contribution in [-0.4, -0.2) is 71.4 Å². The monoisotopic (exact) mass is 499 g/mol. The summed E-state index contributed by atoms with van der Waals surface area (Å²) in [4.78, 5) is 14.9. The molecule has 0 bridgehead atoms. The number of nitrogens with one attached hydrogen (secondary N) is 1. The van der Waals surface area contributed by atoms with Gasteiger partial charge in [-0.15, -0.1) is 0 Å². The zero-order chi connectivity index (χ0) is 23.7. The SMILES string of the molecule is C[C@@H](NC(=O)c1ccc(Cl)c(S(=O)(=O)N2CCN(C)CC2)c1)c1ccc(S(C)(=O)=O)cc1. The standard InChI is InChI=1S/C21H26ClN3O5S2/c1-15(16-4-7-18(8-5-16)31(3,27)28)23-21(26)17-6-9-19(22)20(14-17)32(29,30)25-12-10-24(2)11-13-25/h4-9,14-15H,10-13H2,1-3H3,(H,23,26)/t15-/m1/s1. The molecule has 1 N–H and O–H groups in total. The van der Waals surface area contributed by atoms with Gasteiger partial charge >= 0.3 is 0 Å². The van der Waals surface area contributed by atoms with Gasteiger partial charge in [0.1, 0.15) is 4.90 Å². The molecular formula is C21H26ClN3O5S2. The molecule has 0 aromatic heterocycles. The zero-order valence-corrected chi connectivity index (χ0v) is 20.5. The summed E-state index contributed by atoms with van der Waals surface area (Å²) < 4.78 is 50.8. The van der Waals surface area contributed by atoms with Crippen molar-refractivity contribution >= 4 is 37.4 Å². The number of halogens is 1. The van der Waals surface area contributed by atoms with Crippen LogP contribution in [0.5, 0.6) is 0 Å². The van der Waals surface area contributed by atoms with Gasteiger partial charge < -0.3 is 10.2 Å². The fraction of sp³-hybridized carbons (Fsp3) is 0.381. The smallest absolute Gasteiger partial charge is 0.251 e. The summed E-state index contributed by atoms with van der Waals surface area (Å²) in [5.41, 5.74) is 0.881. The van der Waals surface area contributed by atoms with Gasteiger partial charge in [-0.3, -0.25) is 4.79 Å². The van der Waals surface area contributed by atoms with Crippen LogP contribution in [0.25, 0.3) is 0 Å². The van der Waals surface area contributed by atoms with Crippen LogP contribution >= 0.6 is 11.6 Å². The van der Waals surface area contributed by atoms with Crippen molar-refractivity contribution in [3.05, 3.63) is 58.6 Å². The van der Waals surface area contributed by atoms with Crippen LogP contribution in [0.1, 0.15) is 28.9 Å². The molecule has 0 spiro atoms. The molecule has 1 amide bonds. The van der Waals surface area contributed by atoms with E-state index in [1.807, 2.05) is 11.9 Å². The van der Waals surface area contributed by atoms with Crippen LogP contribution < -0.4 is 5.32 Å². The van der Waals surface area contributed by atoms with Gasteiger partial charge in [0.25, 0.3) is 5.91 Å². The molecule has 1 aliphatic rings. The summed E-state index contributed by atoms with van der Waals surface area (Å²) >= 11 is 6.19. The molecule has 32 heavy (non-hydrogen) atoms. The van der Waals surface area contributed by atoms with Gasteiger partial charge in [0, 0.05) is 38.0 Å². The molecule has 1 aliphatic heterocycles. The minimum atomic E-state index is -3.83. The number of rotatable bonds is 6. The van der Waals surface area contributed by atoms with Gasteiger partial charge in [0.2, 0.25) is 10.0 Å². The van der Waals surface area contributed by atoms with E-state index in [1.54, 1.807) is 19.1 Å². The van der Waals surface area contributed by atoms with Crippen LogP contribution in [0.4, 0.5) is 0 Å². The molecule has 174 valence electrons. The van der Waals surface area contributed by atoms with E-state index < -0.39 is 31.8 Å². The molecular weight excluding hydrogens is 474 g/mol. The summed E-state index contributed by atoms with van der Waals surface area (Å²) in [6.07, 6.45) is 1.13. The lowest BCUT2D eigenvalue weighted by atomic mass is 10.1. The van der Waals surface area contributed by atoms with E-state index in [-0.39, 0.29) is 20.4 Å². The highest BCUT2D eigenvalue weighted by atomic mass is 35.5. The average Bonchev–Trinajstić information content (AvgIpc) is 2.73. The van der Waals surface area contributed by atoms with Gasteiger partial charge in [0.15, 0.2) is 9.84 Å². The fourth-order valence-electron chi connectivity index (χ4n) is 3.38. The quantitative estimate of drug-likeness (QED) is 0.653. The third-order valence-electron chi connectivity index (χ3n) is 5.43. The molecule has 1 saturated heterocycles. The van der Waals surface area contributed by atoms with E-state index >= 15 is 0 Å². The molecule has 0 aliphatic carbocycles. The number of carbonyl (C=O) groups excluding carboxylic acids is 1. The van der Waals surface area contributed by atoms with Crippen molar-refractivity contribution in [1.82, 2.24) is 14.5 Å². The highest BCUT2D eigenvalue weighted by Crippen LogP contribution is 2.27. The topological polar surface area (TPSA) is 104 Å². The lowest BCUT2D eigenvalue weighted by Crippen LogP contribution is -2.47. The number of hydrogen-bond donors (Lipinski definition) is 1. The second-order valence-electron chi connectivity index (χ2n) is 7.89. The van der Waals surface area contributed by atoms with E-state index in [0.29, 0.717) is 31.7 Å². The zero-order valence-electron chi connectivity index (χ0n) is 18.1. The molecule has 1 atom stereocenters. The number of sulfonamides is 1.